The van der Waals surface area contributed by atoms with Gasteiger partial charge in [0.25, 0.3) is 5.91 Å². The monoisotopic (exact) mass is 588 g/mol. The summed E-state index contributed by atoms with van der Waals surface area (Å²) in [5.41, 5.74) is 1.98. The van der Waals surface area contributed by atoms with Gasteiger partial charge in [-0.05, 0) is 54.0 Å². The van der Waals surface area contributed by atoms with Crippen molar-refractivity contribution in [3.05, 3.63) is 100 Å². The zero-order valence-electron chi connectivity index (χ0n) is 22.7. The van der Waals surface area contributed by atoms with E-state index >= 15 is 0 Å². The number of thiazole rings is 1. The number of halogens is 1. The highest BCUT2D eigenvalue weighted by Gasteiger charge is 2.45. The lowest BCUT2D eigenvalue weighted by molar-refractivity contribution is -0.117. The molecule has 0 fully saturated rings. The second kappa shape index (κ2) is 12.6. The van der Waals surface area contributed by atoms with Gasteiger partial charge in [0.05, 0.1) is 35.5 Å². The molecule has 1 N–H and O–H groups in total. The van der Waals surface area contributed by atoms with Crippen LogP contribution in [-0.4, -0.2) is 35.5 Å². The minimum absolute atomic E-state index is 0.0434. The van der Waals surface area contributed by atoms with Crippen molar-refractivity contribution in [2.75, 3.05) is 18.6 Å². The number of benzene rings is 3. The lowest BCUT2D eigenvalue weighted by atomic mass is 9.95. The van der Waals surface area contributed by atoms with Gasteiger partial charge in [-0.25, -0.2) is 4.98 Å². The largest absolute Gasteiger partial charge is 0.503 e. The molecule has 1 unspecified atom stereocenters. The molecule has 1 aliphatic rings. The number of carbonyl (C=O) groups excluding carboxylic acids is 2. The number of ketones is 1. The van der Waals surface area contributed by atoms with Crippen molar-refractivity contribution in [3.8, 4) is 11.5 Å². The van der Waals surface area contributed by atoms with Gasteiger partial charge in [0, 0.05) is 5.02 Å². The van der Waals surface area contributed by atoms with E-state index in [2.05, 4.69) is 11.9 Å². The average Bonchev–Trinajstić information content (AvgIpc) is 3.52. The number of unbranched alkanes of at least 4 members (excludes halogenated alkanes) is 2. The molecule has 4 aromatic rings. The molecular formula is C32H29ClN2O5S. The highest BCUT2D eigenvalue weighted by atomic mass is 35.5. The van der Waals surface area contributed by atoms with Gasteiger partial charge in [-0.3, -0.25) is 14.5 Å². The molecule has 5 rings (SSSR count). The fourth-order valence-corrected chi connectivity index (χ4v) is 5.96. The Kier molecular flexibility index (Phi) is 8.71. The van der Waals surface area contributed by atoms with Gasteiger partial charge in [0.15, 0.2) is 28.2 Å². The first-order valence-corrected chi connectivity index (χ1v) is 14.5. The third-order valence-electron chi connectivity index (χ3n) is 6.75. The van der Waals surface area contributed by atoms with Crippen LogP contribution in [0.5, 0.6) is 11.5 Å². The van der Waals surface area contributed by atoms with Crippen LogP contribution >= 0.6 is 22.9 Å². The summed E-state index contributed by atoms with van der Waals surface area (Å²) in [4.78, 5) is 33.2. The van der Waals surface area contributed by atoms with E-state index in [0.717, 1.165) is 29.5 Å². The van der Waals surface area contributed by atoms with E-state index in [0.29, 0.717) is 39.3 Å². The third kappa shape index (κ3) is 5.99. The number of fused-ring (bicyclic) bond motifs is 1. The third-order valence-corrected chi connectivity index (χ3v) is 8.01. The number of nitrogens with zero attached hydrogens (tertiary/aromatic N) is 2. The second-order valence-electron chi connectivity index (χ2n) is 9.52. The number of aliphatic hydroxyl groups is 1. The van der Waals surface area contributed by atoms with Crippen molar-refractivity contribution in [1.82, 2.24) is 4.98 Å². The van der Waals surface area contributed by atoms with Gasteiger partial charge in [-0.1, -0.05) is 85.2 Å². The Morgan fingerprint density at radius 1 is 1.10 bits per heavy atom. The van der Waals surface area contributed by atoms with Crippen molar-refractivity contribution in [2.24, 2.45) is 0 Å². The normalized spacial score (nSPS) is 15.3. The van der Waals surface area contributed by atoms with E-state index in [1.54, 1.807) is 42.5 Å². The second-order valence-corrected chi connectivity index (χ2v) is 11.0. The van der Waals surface area contributed by atoms with Gasteiger partial charge < -0.3 is 14.6 Å². The van der Waals surface area contributed by atoms with Crippen molar-refractivity contribution >= 4 is 56.1 Å². The van der Waals surface area contributed by atoms with Crippen molar-refractivity contribution in [3.63, 3.8) is 0 Å². The molecule has 0 bridgehead atoms. The summed E-state index contributed by atoms with van der Waals surface area (Å²) >= 11 is 7.44. The number of allylic oxidation sites excluding steroid dienone is 1. The molecule has 0 radical (unpaired) electrons. The minimum atomic E-state index is -0.950. The van der Waals surface area contributed by atoms with Crippen LogP contribution in [0.4, 0.5) is 5.13 Å². The predicted octanol–water partition coefficient (Wildman–Crippen LogP) is 7.71. The predicted molar refractivity (Wildman–Crippen MR) is 163 cm³/mol. The van der Waals surface area contributed by atoms with E-state index in [1.165, 1.54) is 29.4 Å². The van der Waals surface area contributed by atoms with Crippen LogP contribution in [0.1, 0.15) is 43.4 Å². The highest BCUT2D eigenvalue weighted by Crippen LogP contribution is 2.45. The number of hydrogen-bond donors (Lipinski definition) is 1. The molecule has 7 nitrogen and oxygen atoms in total. The Hall–Kier alpha value is -4.14. The number of aliphatic hydroxyl groups excluding tert-OH is 1. The van der Waals surface area contributed by atoms with Crippen LogP contribution in [-0.2, 0) is 9.59 Å². The Bertz CT molecular complexity index is 1650. The molecule has 0 aliphatic carbocycles. The van der Waals surface area contributed by atoms with Crippen LogP contribution in [0.15, 0.2) is 84.1 Å². The molecule has 1 aliphatic heterocycles. The molecule has 210 valence electrons. The summed E-state index contributed by atoms with van der Waals surface area (Å²) in [6.07, 6.45) is 6.07. The number of anilines is 1. The lowest BCUT2D eigenvalue weighted by Crippen LogP contribution is -2.30. The molecule has 1 amide bonds. The van der Waals surface area contributed by atoms with Gasteiger partial charge in [0.2, 0.25) is 0 Å². The van der Waals surface area contributed by atoms with E-state index < -0.39 is 23.5 Å². The van der Waals surface area contributed by atoms with E-state index in [1.807, 2.05) is 30.3 Å². The number of rotatable bonds is 11. The zero-order chi connectivity index (χ0) is 28.9. The number of methoxy groups -OCH3 is 1. The number of ether oxygens (including phenoxy) is 2. The Morgan fingerprint density at radius 3 is 2.66 bits per heavy atom. The zero-order valence-corrected chi connectivity index (χ0v) is 24.2. The van der Waals surface area contributed by atoms with Crippen LogP contribution < -0.4 is 14.4 Å². The van der Waals surface area contributed by atoms with Crippen LogP contribution in [0.2, 0.25) is 5.02 Å². The van der Waals surface area contributed by atoms with Crippen molar-refractivity contribution < 1.29 is 24.2 Å². The smallest absolute Gasteiger partial charge is 0.296 e. The van der Waals surface area contributed by atoms with E-state index in [9.17, 15) is 14.7 Å². The summed E-state index contributed by atoms with van der Waals surface area (Å²) in [7, 11) is 1.54. The fraction of sp³-hybridized carbons (Fsp3) is 0.219. The topological polar surface area (TPSA) is 89.0 Å². The highest BCUT2D eigenvalue weighted by molar-refractivity contribution is 7.22. The Morgan fingerprint density at radius 2 is 1.90 bits per heavy atom. The van der Waals surface area contributed by atoms with Crippen LogP contribution in [0, 0.1) is 0 Å². The van der Waals surface area contributed by atoms with Crippen LogP contribution in [0.25, 0.3) is 16.3 Å². The number of amides is 1. The van der Waals surface area contributed by atoms with Crippen LogP contribution in [0.3, 0.4) is 0 Å². The molecule has 0 spiro atoms. The molecule has 1 atom stereocenters. The maximum atomic E-state index is 13.6. The molecular weight excluding hydrogens is 560 g/mol. The van der Waals surface area contributed by atoms with Gasteiger partial charge in [-0.15, -0.1) is 0 Å². The molecule has 1 aromatic heterocycles. The van der Waals surface area contributed by atoms with Gasteiger partial charge in [-0.2, -0.15) is 0 Å². The van der Waals surface area contributed by atoms with E-state index in [-0.39, 0.29) is 5.57 Å². The summed E-state index contributed by atoms with van der Waals surface area (Å²) < 4.78 is 12.3. The van der Waals surface area contributed by atoms with E-state index in [4.69, 9.17) is 21.1 Å². The minimum Gasteiger partial charge on any atom is -0.503 e. The van der Waals surface area contributed by atoms with Crippen molar-refractivity contribution in [2.45, 2.75) is 32.2 Å². The lowest BCUT2D eigenvalue weighted by Gasteiger charge is -2.25. The molecule has 9 heteroatoms. The Balaban J connectivity index is 1.57. The number of hydrogen-bond acceptors (Lipinski definition) is 7. The molecule has 3 aromatic carbocycles. The summed E-state index contributed by atoms with van der Waals surface area (Å²) in [5, 5.41) is 12.0. The SMILES string of the molecule is CCCCCOc1ccc(C2C(C(=O)C=Cc3ccccc3)=C(O)C(=O)N2c2nc3ccc(Cl)cc3s2)cc1OC. The number of carbonyl (C=O) groups is 2. The first kappa shape index (κ1) is 28.4. The average molecular weight is 589 g/mol. The summed E-state index contributed by atoms with van der Waals surface area (Å²) in [6.45, 7) is 2.67. The van der Waals surface area contributed by atoms with Gasteiger partial charge >= 0.3 is 0 Å². The van der Waals surface area contributed by atoms with Crippen molar-refractivity contribution in [1.29, 1.82) is 0 Å². The molecule has 2 heterocycles. The fourth-order valence-electron chi connectivity index (χ4n) is 4.69. The summed E-state index contributed by atoms with van der Waals surface area (Å²) in [5.74, 6) is -0.803. The number of aromatic nitrogens is 1. The Labute approximate surface area is 247 Å². The van der Waals surface area contributed by atoms with Gasteiger partial charge in [0.1, 0.15) is 0 Å². The maximum absolute atomic E-state index is 13.6. The first-order valence-electron chi connectivity index (χ1n) is 13.3. The maximum Gasteiger partial charge on any atom is 0.296 e. The first-order chi connectivity index (χ1) is 19.9. The standard InChI is InChI=1S/C32H29ClN2O5S/c1-3-4-8-17-40-25-16-12-21(18-26(25)39-2)29-28(24(36)15-11-20-9-6-5-7-10-20)30(37)31(38)35(29)32-34-23-14-13-22(33)19-27(23)41-32/h5-7,9-16,18-19,29,37H,3-4,8,17H2,1-2H3. The molecule has 41 heavy (non-hydrogen) atoms. The molecule has 0 saturated carbocycles. The molecule has 0 saturated heterocycles. The summed E-state index contributed by atoms with van der Waals surface area (Å²) in [6, 6.07) is 18.9. The quantitative estimate of drug-likeness (QED) is 0.143.